The fraction of sp³-hybridized carbons (Fsp3) is 0.435. The molecule has 3 N–H and O–H groups in total. The molecule has 1 aliphatic heterocycles. The topological polar surface area (TPSA) is 106 Å². The standard InChI is InChI=1S/C23H27F4N3O5S/c1-4-22(5-2)12-19(16-8-7-15(11-20(16)35-22)34-23(25,26)27)29-21(31)28-13-14-6-9-18(17(24)10-14)30-36(3,32)33/h6-11,19,30H,4-5,12-13H2,1-3H3,(H2,28,29,31)/t19-/m1/s1. The Morgan fingerprint density at radius 3 is 2.44 bits per heavy atom. The number of carbonyl (C=O) groups excluding carboxylic acids is 1. The van der Waals surface area contributed by atoms with E-state index in [0.717, 1.165) is 24.5 Å². The van der Waals surface area contributed by atoms with E-state index in [-0.39, 0.29) is 18.0 Å². The predicted molar refractivity (Wildman–Crippen MR) is 125 cm³/mol. The minimum atomic E-state index is -4.86. The van der Waals surface area contributed by atoms with Crippen molar-refractivity contribution in [3.05, 3.63) is 53.3 Å². The molecule has 3 rings (SSSR count). The van der Waals surface area contributed by atoms with Gasteiger partial charge in [-0.25, -0.2) is 17.6 Å². The van der Waals surface area contributed by atoms with Gasteiger partial charge in [-0.2, -0.15) is 0 Å². The van der Waals surface area contributed by atoms with Crippen LogP contribution in [-0.4, -0.2) is 32.7 Å². The SMILES string of the molecule is CCC1(CC)C[C@@H](NC(=O)NCc2ccc(NS(C)(=O)=O)c(F)c2)c2ccc(OC(F)(F)F)cc2O1. The summed E-state index contributed by atoms with van der Waals surface area (Å²) in [6.45, 7) is 3.72. The van der Waals surface area contributed by atoms with Gasteiger partial charge in [0.1, 0.15) is 22.9 Å². The summed E-state index contributed by atoms with van der Waals surface area (Å²) < 4.78 is 86.9. The van der Waals surface area contributed by atoms with E-state index in [1.54, 1.807) is 0 Å². The third-order valence-corrected chi connectivity index (χ3v) is 6.46. The highest BCUT2D eigenvalue weighted by Crippen LogP contribution is 2.44. The van der Waals surface area contributed by atoms with Crippen molar-refractivity contribution in [2.75, 3.05) is 11.0 Å². The molecule has 0 radical (unpaired) electrons. The first-order chi connectivity index (χ1) is 16.7. The molecule has 2 amide bonds. The lowest BCUT2D eigenvalue weighted by molar-refractivity contribution is -0.274. The minimum absolute atomic E-state index is 0.0525. The summed E-state index contributed by atoms with van der Waals surface area (Å²) in [4.78, 5) is 12.7. The van der Waals surface area contributed by atoms with Crippen molar-refractivity contribution in [1.29, 1.82) is 0 Å². The van der Waals surface area contributed by atoms with Gasteiger partial charge in [0.05, 0.1) is 18.0 Å². The number of nitrogens with one attached hydrogen (secondary N) is 3. The van der Waals surface area contributed by atoms with E-state index in [0.29, 0.717) is 30.4 Å². The molecule has 2 aromatic rings. The number of benzene rings is 2. The van der Waals surface area contributed by atoms with Crippen molar-refractivity contribution in [2.24, 2.45) is 0 Å². The average molecular weight is 534 g/mol. The average Bonchev–Trinajstić information content (AvgIpc) is 2.77. The van der Waals surface area contributed by atoms with Crippen molar-refractivity contribution < 1.29 is 40.2 Å². The number of halogens is 4. The Morgan fingerprint density at radius 2 is 1.86 bits per heavy atom. The zero-order valence-electron chi connectivity index (χ0n) is 19.8. The van der Waals surface area contributed by atoms with Crippen LogP contribution in [0.5, 0.6) is 11.5 Å². The van der Waals surface area contributed by atoms with E-state index in [2.05, 4.69) is 20.1 Å². The summed E-state index contributed by atoms with van der Waals surface area (Å²) in [6.07, 6.45) is -2.46. The van der Waals surface area contributed by atoms with Crippen molar-refractivity contribution in [1.82, 2.24) is 10.6 Å². The molecule has 2 aromatic carbocycles. The molecule has 0 aromatic heterocycles. The van der Waals surface area contributed by atoms with Crippen molar-refractivity contribution in [3.63, 3.8) is 0 Å². The molecule has 0 unspecified atom stereocenters. The predicted octanol–water partition coefficient (Wildman–Crippen LogP) is 4.98. The lowest BCUT2D eigenvalue weighted by atomic mass is 9.83. The number of hydrogen-bond donors (Lipinski definition) is 3. The molecular formula is C23H27F4N3O5S. The van der Waals surface area contributed by atoms with Gasteiger partial charge in [-0.15, -0.1) is 13.2 Å². The van der Waals surface area contributed by atoms with Crippen molar-refractivity contribution in [3.8, 4) is 11.5 Å². The first-order valence-corrected chi connectivity index (χ1v) is 13.0. The van der Waals surface area contributed by atoms with Crippen LogP contribution < -0.4 is 24.8 Å². The first kappa shape index (κ1) is 27.4. The Morgan fingerprint density at radius 1 is 1.17 bits per heavy atom. The number of carbonyl (C=O) groups is 1. The van der Waals surface area contributed by atoms with Gasteiger partial charge < -0.3 is 20.1 Å². The van der Waals surface area contributed by atoms with Crippen LogP contribution in [0.2, 0.25) is 0 Å². The Labute approximate surface area is 206 Å². The number of sulfonamides is 1. The number of urea groups is 1. The van der Waals surface area contributed by atoms with E-state index in [4.69, 9.17) is 4.74 Å². The molecule has 0 saturated carbocycles. The van der Waals surface area contributed by atoms with Gasteiger partial charge in [-0.05, 0) is 42.7 Å². The Balaban J connectivity index is 1.73. The Hall–Kier alpha value is -3.22. The first-order valence-electron chi connectivity index (χ1n) is 11.1. The highest BCUT2D eigenvalue weighted by molar-refractivity contribution is 7.92. The summed E-state index contributed by atoms with van der Waals surface area (Å²) in [5.74, 6) is -1.04. The smallest absolute Gasteiger partial charge is 0.487 e. The van der Waals surface area contributed by atoms with E-state index in [1.807, 2.05) is 13.8 Å². The van der Waals surface area contributed by atoms with E-state index < -0.39 is 45.6 Å². The molecule has 0 spiro atoms. The summed E-state index contributed by atoms with van der Waals surface area (Å²) in [7, 11) is -3.65. The molecule has 198 valence electrons. The van der Waals surface area contributed by atoms with Crippen molar-refractivity contribution >= 4 is 21.7 Å². The maximum atomic E-state index is 14.2. The van der Waals surface area contributed by atoms with Gasteiger partial charge in [-0.3, -0.25) is 4.72 Å². The molecule has 0 saturated heterocycles. The molecule has 0 fully saturated rings. The van der Waals surface area contributed by atoms with Crippen LogP contribution in [0, 0.1) is 5.82 Å². The van der Waals surface area contributed by atoms with E-state index in [1.165, 1.54) is 18.2 Å². The fourth-order valence-electron chi connectivity index (χ4n) is 4.00. The maximum absolute atomic E-state index is 14.2. The number of hydrogen-bond acceptors (Lipinski definition) is 5. The molecule has 1 aliphatic rings. The third kappa shape index (κ3) is 7.15. The molecule has 0 bridgehead atoms. The van der Waals surface area contributed by atoms with Gasteiger partial charge in [0.2, 0.25) is 10.0 Å². The van der Waals surface area contributed by atoms with Crippen LogP contribution in [0.25, 0.3) is 0 Å². The maximum Gasteiger partial charge on any atom is 0.573 e. The van der Waals surface area contributed by atoms with Crippen LogP contribution in [0.4, 0.5) is 28.0 Å². The number of rotatable bonds is 8. The highest BCUT2D eigenvalue weighted by Gasteiger charge is 2.40. The van der Waals surface area contributed by atoms with Gasteiger partial charge in [0.25, 0.3) is 0 Å². The van der Waals surface area contributed by atoms with E-state index >= 15 is 0 Å². The zero-order valence-corrected chi connectivity index (χ0v) is 20.6. The summed E-state index contributed by atoms with van der Waals surface area (Å²) >= 11 is 0. The van der Waals surface area contributed by atoms with Gasteiger partial charge in [0, 0.05) is 24.6 Å². The quantitative estimate of drug-likeness (QED) is 0.415. The number of anilines is 1. The summed E-state index contributed by atoms with van der Waals surface area (Å²) in [5, 5.41) is 5.42. The number of ether oxygens (including phenoxy) is 2. The van der Waals surface area contributed by atoms with Crippen LogP contribution in [0.3, 0.4) is 0 Å². The van der Waals surface area contributed by atoms with Crippen molar-refractivity contribution in [2.45, 2.75) is 57.7 Å². The molecule has 0 aliphatic carbocycles. The fourth-order valence-corrected chi connectivity index (χ4v) is 4.56. The second kappa shape index (κ2) is 10.4. The molecule has 13 heteroatoms. The second-order valence-electron chi connectivity index (χ2n) is 8.51. The van der Waals surface area contributed by atoms with Gasteiger partial charge in [-0.1, -0.05) is 19.9 Å². The minimum Gasteiger partial charge on any atom is -0.487 e. The van der Waals surface area contributed by atoms with Gasteiger partial charge >= 0.3 is 12.4 Å². The molecule has 1 atom stereocenters. The largest absolute Gasteiger partial charge is 0.573 e. The van der Waals surface area contributed by atoms with Crippen LogP contribution in [0.1, 0.15) is 50.3 Å². The normalized spacial score (nSPS) is 16.9. The van der Waals surface area contributed by atoms with E-state index in [9.17, 15) is 30.8 Å². The van der Waals surface area contributed by atoms with Gasteiger partial charge in [0.15, 0.2) is 0 Å². The monoisotopic (exact) mass is 533 g/mol. The summed E-state index contributed by atoms with van der Waals surface area (Å²) in [5.41, 5.74) is -0.0271. The van der Waals surface area contributed by atoms with Crippen LogP contribution >= 0.6 is 0 Å². The second-order valence-corrected chi connectivity index (χ2v) is 10.3. The molecule has 1 heterocycles. The number of fused-ring (bicyclic) bond motifs is 1. The lowest BCUT2D eigenvalue weighted by Crippen LogP contribution is -2.46. The molecule has 36 heavy (non-hydrogen) atoms. The Bertz CT molecular complexity index is 1220. The number of alkyl halides is 3. The van der Waals surface area contributed by atoms with Crippen LogP contribution in [-0.2, 0) is 16.6 Å². The Kier molecular flexibility index (Phi) is 7.91. The third-order valence-electron chi connectivity index (χ3n) is 5.87. The lowest BCUT2D eigenvalue weighted by Gasteiger charge is -2.41. The molecular weight excluding hydrogens is 506 g/mol. The summed E-state index contributed by atoms with van der Waals surface area (Å²) in [6, 6.07) is 6.39. The molecule has 8 nitrogen and oxygen atoms in total. The highest BCUT2D eigenvalue weighted by atomic mass is 32.2. The van der Waals surface area contributed by atoms with Crippen LogP contribution in [0.15, 0.2) is 36.4 Å². The zero-order chi connectivity index (χ0) is 26.7. The number of amides is 2.